The largest absolute Gasteiger partial charge is 0.493 e. The molecule has 0 radical (unpaired) electrons. The molecule has 2 aromatic carbocycles. The summed E-state index contributed by atoms with van der Waals surface area (Å²) in [5, 5.41) is 3.88. The average Bonchev–Trinajstić information content (AvgIpc) is 2.83. The minimum Gasteiger partial charge on any atom is -0.493 e. The maximum atomic E-state index is 13.3. The van der Waals surface area contributed by atoms with E-state index in [2.05, 4.69) is 10.3 Å². The van der Waals surface area contributed by atoms with E-state index >= 15 is 0 Å². The molecule has 0 aliphatic heterocycles. The summed E-state index contributed by atoms with van der Waals surface area (Å²) in [6.07, 6.45) is 3.43. The lowest BCUT2D eigenvalue weighted by molar-refractivity contribution is 0.0941. The number of hydrogen-bond acceptors (Lipinski definition) is 5. The van der Waals surface area contributed by atoms with E-state index in [-0.39, 0.29) is 11.9 Å². The first-order valence-corrected chi connectivity index (χ1v) is 9.93. The van der Waals surface area contributed by atoms with Crippen molar-refractivity contribution in [1.29, 1.82) is 0 Å². The first kappa shape index (κ1) is 20.3. The molecule has 0 saturated carbocycles. The Kier molecular flexibility index (Phi) is 5.80. The third-order valence-electron chi connectivity index (χ3n) is 5.19. The van der Waals surface area contributed by atoms with Gasteiger partial charge in [0, 0.05) is 23.3 Å². The predicted octanol–water partition coefficient (Wildman–Crippen LogP) is 4.81. The van der Waals surface area contributed by atoms with Crippen molar-refractivity contribution < 1.29 is 14.3 Å². The topological polar surface area (TPSA) is 73.3 Å². The van der Waals surface area contributed by atoms with Crippen LogP contribution in [0.4, 0.5) is 0 Å². The fourth-order valence-corrected chi connectivity index (χ4v) is 3.52. The van der Waals surface area contributed by atoms with Crippen molar-refractivity contribution >= 4 is 16.8 Å². The summed E-state index contributed by atoms with van der Waals surface area (Å²) in [6, 6.07) is 18.7. The van der Waals surface area contributed by atoms with Gasteiger partial charge in [0.2, 0.25) is 0 Å². The zero-order valence-corrected chi connectivity index (χ0v) is 17.6. The highest BCUT2D eigenvalue weighted by molar-refractivity contribution is 6.07. The van der Waals surface area contributed by atoms with E-state index < -0.39 is 0 Å². The van der Waals surface area contributed by atoms with Gasteiger partial charge >= 0.3 is 0 Å². The SMILES string of the molecule is COc1ccc(-c2cc(C(=O)NC(C)c3ccncc3)c3ccccc3n2)cc1OC. The van der Waals surface area contributed by atoms with Crippen LogP contribution in [0.15, 0.2) is 73.1 Å². The van der Waals surface area contributed by atoms with E-state index in [9.17, 15) is 4.79 Å². The van der Waals surface area contributed by atoms with Crippen molar-refractivity contribution in [1.82, 2.24) is 15.3 Å². The minimum absolute atomic E-state index is 0.160. The molecule has 0 aliphatic carbocycles. The molecule has 0 spiro atoms. The fraction of sp³-hybridized carbons (Fsp3) is 0.160. The van der Waals surface area contributed by atoms with Crippen LogP contribution in [-0.4, -0.2) is 30.1 Å². The monoisotopic (exact) mass is 413 g/mol. The molecule has 0 fully saturated rings. The molecule has 6 nitrogen and oxygen atoms in total. The van der Waals surface area contributed by atoms with Gasteiger partial charge in [-0.25, -0.2) is 4.98 Å². The van der Waals surface area contributed by atoms with E-state index in [0.29, 0.717) is 22.8 Å². The molecular formula is C25H23N3O3. The first-order chi connectivity index (χ1) is 15.1. The molecule has 1 unspecified atom stereocenters. The summed E-state index contributed by atoms with van der Waals surface area (Å²) in [7, 11) is 3.19. The van der Waals surface area contributed by atoms with Gasteiger partial charge in [0.25, 0.3) is 5.91 Å². The highest BCUT2D eigenvalue weighted by atomic mass is 16.5. The van der Waals surface area contributed by atoms with Crippen molar-refractivity contribution in [3.8, 4) is 22.8 Å². The summed E-state index contributed by atoms with van der Waals surface area (Å²) in [4.78, 5) is 22.1. The van der Waals surface area contributed by atoms with Gasteiger partial charge in [-0.2, -0.15) is 0 Å². The van der Waals surface area contributed by atoms with Crippen molar-refractivity contribution in [3.05, 3.63) is 84.2 Å². The Bertz CT molecular complexity index is 1230. The third-order valence-corrected chi connectivity index (χ3v) is 5.19. The number of carbonyl (C=O) groups is 1. The van der Waals surface area contributed by atoms with E-state index in [1.165, 1.54) is 0 Å². The van der Waals surface area contributed by atoms with Gasteiger partial charge in [0.1, 0.15) is 0 Å². The zero-order chi connectivity index (χ0) is 21.8. The number of aromatic nitrogens is 2. The molecule has 2 aromatic heterocycles. The average molecular weight is 413 g/mol. The third kappa shape index (κ3) is 4.19. The highest BCUT2D eigenvalue weighted by Gasteiger charge is 2.17. The van der Waals surface area contributed by atoms with Crippen LogP contribution < -0.4 is 14.8 Å². The van der Waals surface area contributed by atoms with Gasteiger partial charge in [-0.1, -0.05) is 18.2 Å². The Morgan fingerprint density at radius 2 is 1.68 bits per heavy atom. The lowest BCUT2D eigenvalue weighted by atomic mass is 10.0. The molecule has 0 saturated heterocycles. The van der Waals surface area contributed by atoms with E-state index in [1.54, 1.807) is 26.6 Å². The maximum absolute atomic E-state index is 13.3. The summed E-state index contributed by atoms with van der Waals surface area (Å²) in [6.45, 7) is 1.95. The quantitative estimate of drug-likeness (QED) is 0.491. The molecule has 156 valence electrons. The van der Waals surface area contributed by atoms with Crippen LogP contribution in [0.5, 0.6) is 11.5 Å². The number of hydrogen-bond donors (Lipinski definition) is 1. The van der Waals surface area contributed by atoms with Crippen LogP contribution in [0.1, 0.15) is 28.9 Å². The number of rotatable bonds is 6. The smallest absolute Gasteiger partial charge is 0.252 e. The van der Waals surface area contributed by atoms with Gasteiger partial charge in [0.15, 0.2) is 11.5 Å². The van der Waals surface area contributed by atoms with Crippen molar-refractivity contribution in [3.63, 3.8) is 0 Å². The molecule has 4 rings (SSSR count). The Morgan fingerprint density at radius 1 is 0.935 bits per heavy atom. The number of carbonyl (C=O) groups excluding carboxylic acids is 1. The maximum Gasteiger partial charge on any atom is 0.252 e. The number of ether oxygens (including phenoxy) is 2. The van der Waals surface area contributed by atoms with Crippen LogP contribution in [0.3, 0.4) is 0 Å². The second kappa shape index (κ2) is 8.83. The van der Waals surface area contributed by atoms with Crippen LogP contribution in [0.2, 0.25) is 0 Å². The second-order valence-corrected chi connectivity index (χ2v) is 7.12. The Morgan fingerprint density at radius 3 is 2.42 bits per heavy atom. The second-order valence-electron chi connectivity index (χ2n) is 7.12. The van der Waals surface area contributed by atoms with Crippen molar-refractivity contribution in [2.45, 2.75) is 13.0 Å². The number of fused-ring (bicyclic) bond motifs is 1. The number of para-hydroxylation sites is 1. The Balaban J connectivity index is 1.76. The normalized spacial score (nSPS) is 11.7. The lowest BCUT2D eigenvalue weighted by Gasteiger charge is -2.16. The van der Waals surface area contributed by atoms with Gasteiger partial charge < -0.3 is 14.8 Å². The van der Waals surface area contributed by atoms with E-state index in [4.69, 9.17) is 14.5 Å². The summed E-state index contributed by atoms with van der Waals surface area (Å²) < 4.78 is 10.8. The molecule has 31 heavy (non-hydrogen) atoms. The number of nitrogens with one attached hydrogen (secondary N) is 1. The molecule has 1 N–H and O–H groups in total. The molecule has 6 heteroatoms. The summed E-state index contributed by atoms with van der Waals surface area (Å²) in [5.74, 6) is 1.08. The molecule has 1 amide bonds. The predicted molar refractivity (Wildman–Crippen MR) is 120 cm³/mol. The highest BCUT2D eigenvalue weighted by Crippen LogP contribution is 2.33. The van der Waals surface area contributed by atoms with Gasteiger partial charge in [-0.3, -0.25) is 9.78 Å². The number of amides is 1. The zero-order valence-electron chi connectivity index (χ0n) is 17.6. The van der Waals surface area contributed by atoms with Crippen LogP contribution in [0.25, 0.3) is 22.2 Å². The number of pyridine rings is 2. The van der Waals surface area contributed by atoms with Crippen LogP contribution >= 0.6 is 0 Å². The van der Waals surface area contributed by atoms with Crippen molar-refractivity contribution in [2.75, 3.05) is 14.2 Å². The standard InChI is InChI=1S/C25H23N3O3/c1-16(17-10-12-26-13-11-17)27-25(29)20-15-22(28-21-7-5-4-6-19(20)21)18-8-9-23(30-2)24(14-18)31-3/h4-16H,1-3H3,(H,27,29). The number of methoxy groups -OCH3 is 2. The summed E-state index contributed by atoms with van der Waals surface area (Å²) >= 11 is 0. The van der Waals surface area contributed by atoms with Crippen LogP contribution in [0, 0.1) is 0 Å². The lowest BCUT2D eigenvalue weighted by Crippen LogP contribution is -2.27. The Hall–Kier alpha value is -3.93. The Labute approximate surface area is 180 Å². The van der Waals surface area contributed by atoms with Gasteiger partial charge in [-0.15, -0.1) is 0 Å². The van der Waals surface area contributed by atoms with E-state index in [0.717, 1.165) is 22.0 Å². The molecular weight excluding hydrogens is 390 g/mol. The van der Waals surface area contributed by atoms with Crippen molar-refractivity contribution in [2.24, 2.45) is 0 Å². The first-order valence-electron chi connectivity index (χ1n) is 9.93. The molecule has 0 aliphatic rings. The van der Waals surface area contributed by atoms with Gasteiger partial charge in [-0.05, 0) is 55.0 Å². The number of benzene rings is 2. The van der Waals surface area contributed by atoms with Gasteiger partial charge in [0.05, 0.1) is 37.0 Å². The molecule has 2 heterocycles. The van der Waals surface area contributed by atoms with E-state index in [1.807, 2.05) is 67.6 Å². The molecule has 1 atom stereocenters. The summed E-state index contributed by atoms with van der Waals surface area (Å²) in [5.41, 5.74) is 3.82. The number of nitrogens with zero attached hydrogens (tertiary/aromatic N) is 2. The molecule has 0 bridgehead atoms. The van der Waals surface area contributed by atoms with Crippen LogP contribution in [-0.2, 0) is 0 Å². The molecule has 4 aromatic rings. The minimum atomic E-state index is -0.162. The fourth-order valence-electron chi connectivity index (χ4n) is 3.52.